The fourth-order valence-electron chi connectivity index (χ4n) is 3.09. The molecule has 0 fully saturated rings. The Morgan fingerprint density at radius 3 is 2.79 bits per heavy atom. The van der Waals surface area contributed by atoms with Gasteiger partial charge in [-0.15, -0.1) is 0 Å². The molecule has 0 aromatic heterocycles. The van der Waals surface area contributed by atoms with Crippen LogP contribution in [0.4, 0.5) is 0 Å². The third-order valence-corrected chi connectivity index (χ3v) is 5.08. The van der Waals surface area contributed by atoms with Crippen molar-refractivity contribution in [2.24, 2.45) is 0 Å². The van der Waals surface area contributed by atoms with Gasteiger partial charge in [-0.1, -0.05) is 39.7 Å². The highest BCUT2D eigenvalue weighted by atomic mass is 79.9. The maximum absolute atomic E-state index is 11.5. The van der Waals surface area contributed by atoms with Crippen LogP contribution in [0.3, 0.4) is 0 Å². The van der Waals surface area contributed by atoms with Crippen molar-refractivity contribution < 1.29 is 24.5 Å². The first-order chi connectivity index (χ1) is 13.4. The van der Waals surface area contributed by atoms with Crippen molar-refractivity contribution in [2.45, 2.75) is 19.3 Å². The fourth-order valence-corrected chi connectivity index (χ4v) is 3.72. The third-order valence-electron chi connectivity index (χ3n) is 4.37. The number of hydrogen-bond acceptors (Lipinski definition) is 5. The SMILES string of the molecule is O=C(O)c1cc(Br)cc2c1OCCN(CC(O)COCc1ccc(Cl)cc1)C2. The van der Waals surface area contributed by atoms with Gasteiger partial charge in [0.1, 0.15) is 17.9 Å². The second-order valence-electron chi connectivity index (χ2n) is 6.63. The number of β-amino-alcohol motifs (C(OH)–C–C–N with tert-alkyl or cyclic N) is 1. The van der Waals surface area contributed by atoms with E-state index < -0.39 is 12.1 Å². The van der Waals surface area contributed by atoms with E-state index in [1.165, 1.54) is 6.07 Å². The van der Waals surface area contributed by atoms with E-state index in [4.69, 9.17) is 21.1 Å². The highest BCUT2D eigenvalue weighted by Crippen LogP contribution is 2.31. The molecule has 2 aromatic carbocycles. The molecule has 150 valence electrons. The number of aromatic carboxylic acids is 1. The van der Waals surface area contributed by atoms with Gasteiger partial charge >= 0.3 is 5.97 Å². The van der Waals surface area contributed by atoms with E-state index in [-0.39, 0.29) is 12.2 Å². The maximum Gasteiger partial charge on any atom is 0.339 e. The minimum Gasteiger partial charge on any atom is -0.491 e. The summed E-state index contributed by atoms with van der Waals surface area (Å²) in [5, 5.41) is 20.4. The first kappa shape index (κ1) is 21.1. The minimum atomic E-state index is -1.03. The largest absolute Gasteiger partial charge is 0.491 e. The Labute approximate surface area is 176 Å². The molecule has 0 spiro atoms. The third kappa shape index (κ3) is 5.68. The zero-order valence-corrected chi connectivity index (χ0v) is 17.4. The second-order valence-corrected chi connectivity index (χ2v) is 7.98. The number of carbonyl (C=O) groups is 1. The second kappa shape index (κ2) is 9.71. The number of nitrogens with zero attached hydrogens (tertiary/aromatic N) is 1. The summed E-state index contributed by atoms with van der Waals surface area (Å²) in [7, 11) is 0. The van der Waals surface area contributed by atoms with Crippen LogP contribution in [0.5, 0.6) is 5.75 Å². The first-order valence-corrected chi connectivity index (χ1v) is 10.0. The van der Waals surface area contributed by atoms with E-state index in [1.807, 2.05) is 23.1 Å². The van der Waals surface area contributed by atoms with Gasteiger partial charge in [-0.2, -0.15) is 0 Å². The molecule has 0 amide bonds. The van der Waals surface area contributed by atoms with Crippen LogP contribution >= 0.6 is 27.5 Å². The number of benzene rings is 2. The predicted molar refractivity (Wildman–Crippen MR) is 109 cm³/mol. The molecular weight excluding hydrogens is 450 g/mol. The summed E-state index contributed by atoms with van der Waals surface area (Å²) in [6.07, 6.45) is -0.667. The molecular formula is C20H21BrClNO5. The van der Waals surface area contributed by atoms with E-state index in [2.05, 4.69) is 15.9 Å². The molecule has 28 heavy (non-hydrogen) atoms. The van der Waals surface area contributed by atoms with Crippen molar-refractivity contribution in [2.75, 3.05) is 26.3 Å². The molecule has 1 heterocycles. The summed E-state index contributed by atoms with van der Waals surface area (Å²) in [4.78, 5) is 13.5. The van der Waals surface area contributed by atoms with Gasteiger partial charge in [0.25, 0.3) is 0 Å². The number of hydrogen-bond donors (Lipinski definition) is 2. The highest BCUT2D eigenvalue weighted by molar-refractivity contribution is 9.10. The summed E-state index contributed by atoms with van der Waals surface area (Å²) < 4.78 is 12.0. The Balaban J connectivity index is 1.56. The van der Waals surface area contributed by atoms with Crippen LogP contribution in [0, 0.1) is 0 Å². The van der Waals surface area contributed by atoms with Gasteiger partial charge in [0, 0.05) is 34.7 Å². The zero-order valence-electron chi connectivity index (χ0n) is 15.1. The van der Waals surface area contributed by atoms with Crippen LogP contribution in [-0.4, -0.2) is 53.5 Å². The normalized spacial score (nSPS) is 15.4. The monoisotopic (exact) mass is 469 g/mol. The minimum absolute atomic E-state index is 0.137. The standard InChI is InChI=1S/C20H21BrClNO5/c21-15-7-14-9-23(5-6-28-19(14)18(8-15)20(25)26)10-17(24)12-27-11-13-1-3-16(22)4-2-13/h1-4,7-8,17,24H,5-6,9-12H2,(H,25,26). The highest BCUT2D eigenvalue weighted by Gasteiger charge is 2.23. The number of fused-ring (bicyclic) bond motifs is 1. The molecule has 1 unspecified atom stereocenters. The van der Waals surface area contributed by atoms with E-state index in [0.29, 0.717) is 48.1 Å². The molecule has 3 rings (SSSR count). The molecule has 6 nitrogen and oxygen atoms in total. The molecule has 1 aliphatic rings. The quantitative estimate of drug-likeness (QED) is 0.644. The molecule has 1 atom stereocenters. The summed E-state index contributed by atoms with van der Waals surface area (Å²) >= 11 is 9.21. The Morgan fingerprint density at radius 2 is 2.07 bits per heavy atom. The lowest BCUT2D eigenvalue weighted by atomic mass is 10.1. The lowest BCUT2D eigenvalue weighted by molar-refractivity contribution is 0.00801. The number of carboxylic acids is 1. The Kier molecular flexibility index (Phi) is 7.31. The number of rotatable bonds is 7. The molecule has 0 aliphatic carbocycles. The van der Waals surface area contributed by atoms with E-state index in [9.17, 15) is 15.0 Å². The van der Waals surface area contributed by atoms with Crippen LogP contribution in [0.25, 0.3) is 0 Å². The Morgan fingerprint density at radius 1 is 1.32 bits per heavy atom. The summed E-state index contributed by atoms with van der Waals surface area (Å²) in [6.45, 7) is 2.43. The van der Waals surface area contributed by atoms with Gasteiger partial charge < -0.3 is 19.7 Å². The van der Waals surface area contributed by atoms with Crippen molar-refractivity contribution in [3.8, 4) is 5.75 Å². The van der Waals surface area contributed by atoms with Gasteiger partial charge in [0.05, 0.1) is 19.3 Å². The Bertz CT molecular complexity index is 830. The number of carboxylic acid groups (broad SMARTS) is 1. The van der Waals surface area contributed by atoms with Gasteiger partial charge in [0.2, 0.25) is 0 Å². The van der Waals surface area contributed by atoms with Crippen LogP contribution in [0.2, 0.25) is 5.02 Å². The van der Waals surface area contributed by atoms with Crippen LogP contribution in [0.15, 0.2) is 40.9 Å². The number of aliphatic hydroxyl groups excluding tert-OH is 1. The number of ether oxygens (including phenoxy) is 2. The molecule has 1 aliphatic heterocycles. The molecule has 0 radical (unpaired) electrons. The zero-order chi connectivity index (χ0) is 20.1. The van der Waals surface area contributed by atoms with Crippen molar-refractivity contribution in [1.82, 2.24) is 4.90 Å². The summed E-state index contributed by atoms with van der Waals surface area (Å²) in [6, 6.07) is 10.8. The van der Waals surface area contributed by atoms with Crippen molar-refractivity contribution in [3.05, 3.63) is 62.6 Å². The van der Waals surface area contributed by atoms with Crippen molar-refractivity contribution in [1.29, 1.82) is 0 Å². The number of aliphatic hydroxyl groups is 1. The molecule has 0 saturated carbocycles. The topological polar surface area (TPSA) is 79.2 Å². The molecule has 0 saturated heterocycles. The van der Waals surface area contributed by atoms with E-state index >= 15 is 0 Å². The molecule has 0 bridgehead atoms. The van der Waals surface area contributed by atoms with Gasteiger partial charge in [-0.25, -0.2) is 4.79 Å². The van der Waals surface area contributed by atoms with E-state index in [1.54, 1.807) is 12.1 Å². The average Bonchev–Trinajstić information content (AvgIpc) is 2.84. The van der Waals surface area contributed by atoms with Crippen LogP contribution < -0.4 is 4.74 Å². The molecule has 2 N–H and O–H groups in total. The van der Waals surface area contributed by atoms with Crippen LogP contribution in [-0.2, 0) is 17.9 Å². The lowest BCUT2D eigenvalue weighted by Gasteiger charge is -2.22. The predicted octanol–water partition coefficient (Wildman–Crippen LogP) is 3.57. The fraction of sp³-hybridized carbons (Fsp3) is 0.350. The molecule has 2 aromatic rings. The first-order valence-electron chi connectivity index (χ1n) is 8.83. The smallest absolute Gasteiger partial charge is 0.339 e. The van der Waals surface area contributed by atoms with Crippen molar-refractivity contribution >= 4 is 33.5 Å². The van der Waals surface area contributed by atoms with Gasteiger partial charge in [0.15, 0.2) is 0 Å². The maximum atomic E-state index is 11.5. The summed E-state index contributed by atoms with van der Waals surface area (Å²) in [5.74, 6) is -0.631. The van der Waals surface area contributed by atoms with E-state index in [0.717, 1.165) is 11.1 Å². The Hall–Kier alpha value is -1.64. The van der Waals surface area contributed by atoms with Gasteiger partial charge in [-0.3, -0.25) is 4.90 Å². The average molecular weight is 471 g/mol. The lowest BCUT2D eigenvalue weighted by Crippen LogP contribution is -2.35. The molecule has 8 heteroatoms. The number of halogens is 2. The van der Waals surface area contributed by atoms with Crippen LogP contribution in [0.1, 0.15) is 21.5 Å². The summed E-state index contributed by atoms with van der Waals surface area (Å²) in [5.41, 5.74) is 1.90. The van der Waals surface area contributed by atoms with Gasteiger partial charge in [-0.05, 0) is 29.8 Å². The van der Waals surface area contributed by atoms with Crippen molar-refractivity contribution in [3.63, 3.8) is 0 Å².